The van der Waals surface area contributed by atoms with Crippen molar-refractivity contribution in [1.29, 1.82) is 5.26 Å². The summed E-state index contributed by atoms with van der Waals surface area (Å²) in [5.41, 5.74) is 7.32. The van der Waals surface area contributed by atoms with Gasteiger partial charge in [-0.3, -0.25) is 9.69 Å². The van der Waals surface area contributed by atoms with E-state index in [-0.39, 0.29) is 6.04 Å². The molecule has 2 saturated heterocycles. The number of thiophene rings is 1. The van der Waals surface area contributed by atoms with E-state index < -0.39 is 30.8 Å². The Morgan fingerprint density at radius 1 is 1.35 bits per heavy atom. The van der Waals surface area contributed by atoms with Gasteiger partial charge in [-0.2, -0.15) is 5.26 Å². The van der Waals surface area contributed by atoms with Crippen molar-refractivity contribution in [2.24, 2.45) is 5.73 Å². The highest BCUT2D eigenvalue weighted by molar-refractivity contribution is 7.16. The Bertz CT molecular complexity index is 772. The van der Waals surface area contributed by atoms with Crippen molar-refractivity contribution in [3.05, 3.63) is 16.0 Å². The first-order valence-corrected chi connectivity index (χ1v) is 9.94. The van der Waals surface area contributed by atoms with E-state index in [0.29, 0.717) is 19.5 Å². The maximum Gasteiger partial charge on any atom is 0.262 e. The van der Waals surface area contributed by atoms with Crippen LogP contribution in [0.1, 0.15) is 41.7 Å². The van der Waals surface area contributed by atoms with Gasteiger partial charge in [0.05, 0.1) is 18.2 Å². The van der Waals surface area contributed by atoms with Crippen LogP contribution in [0.3, 0.4) is 0 Å². The Morgan fingerprint density at radius 2 is 2.12 bits per heavy atom. The number of carbonyl (C=O) groups excluding carboxylic acids is 1. The molecule has 2 atom stereocenters. The third-order valence-corrected chi connectivity index (χ3v) is 7.17. The number of anilines is 1. The lowest BCUT2D eigenvalue weighted by molar-refractivity contribution is -0.123. The van der Waals surface area contributed by atoms with Crippen LogP contribution in [0.15, 0.2) is 0 Å². The Labute approximate surface area is 155 Å². The van der Waals surface area contributed by atoms with Crippen LogP contribution in [-0.4, -0.2) is 48.4 Å². The lowest BCUT2D eigenvalue weighted by Gasteiger charge is -2.28. The maximum atomic E-state index is 13.8. The van der Waals surface area contributed by atoms with Gasteiger partial charge in [-0.15, -0.1) is 11.3 Å². The highest BCUT2D eigenvalue weighted by atomic mass is 32.1. The molecule has 5 nitrogen and oxygen atoms in total. The smallest absolute Gasteiger partial charge is 0.262 e. The summed E-state index contributed by atoms with van der Waals surface area (Å²) in [5.74, 6) is -3.54. The largest absolute Gasteiger partial charge is 0.368 e. The van der Waals surface area contributed by atoms with Gasteiger partial charge in [0, 0.05) is 30.4 Å². The number of nitrogens with zero attached hydrogens (tertiary/aromatic N) is 3. The van der Waals surface area contributed by atoms with E-state index >= 15 is 0 Å². The molecule has 0 spiro atoms. The van der Waals surface area contributed by atoms with Crippen molar-refractivity contribution >= 4 is 22.2 Å². The summed E-state index contributed by atoms with van der Waals surface area (Å²) in [6.45, 7) is 0.866. The number of likely N-dealkylation sites (tertiary alicyclic amines) is 1. The quantitative estimate of drug-likeness (QED) is 0.873. The molecule has 1 aromatic heterocycles. The molecule has 3 heterocycles. The Hall–Kier alpha value is -1.72. The molecule has 2 fully saturated rings. The predicted octanol–water partition coefficient (Wildman–Crippen LogP) is 2.27. The van der Waals surface area contributed by atoms with Crippen molar-refractivity contribution in [3.8, 4) is 6.07 Å². The second kappa shape index (κ2) is 6.46. The van der Waals surface area contributed by atoms with Crippen LogP contribution in [0.5, 0.6) is 0 Å². The molecule has 4 rings (SSSR count). The van der Waals surface area contributed by atoms with Gasteiger partial charge < -0.3 is 10.6 Å². The van der Waals surface area contributed by atoms with Crippen LogP contribution < -0.4 is 10.6 Å². The summed E-state index contributed by atoms with van der Waals surface area (Å²) in [6, 6.07) is 1.33. The second-order valence-electron chi connectivity index (χ2n) is 7.54. The minimum atomic E-state index is -2.87. The van der Waals surface area contributed by atoms with E-state index in [1.165, 1.54) is 10.4 Å². The standard InChI is InChI=1S/C18H22F2N4OS/c19-18(20)7-14(16(22)25)24(10-18)11-5-6-23(9-11)17-13(8-21)12-3-1-2-4-15(12)26-17/h11,14H,1-7,9-10H2,(H2,22,25)/t11-,14-/m0/s1. The van der Waals surface area contributed by atoms with Crippen molar-refractivity contribution in [1.82, 2.24) is 4.90 Å². The number of hydrogen-bond acceptors (Lipinski definition) is 5. The van der Waals surface area contributed by atoms with Gasteiger partial charge in [0.2, 0.25) is 5.91 Å². The zero-order valence-electron chi connectivity index (χ0n) is 14.5. The van der Waals surface area contributed by atoms with Gasteiger partial charge in [-0.05, 0) is 37.7 Å². The van der Waals surface area contributed by atoms with Gasteiger partial charge >= 0.3 is 0 Å². The van der Waals surface area contributed by atoms with E-state index in [0.717, 1.165) is 36.2 Å². The summed E-state index contributed by atoms with van der Waals surface area (Å²) >= 11 is 1.68. The molecular formula is C18H22F2N4OS. The van der Waals surface area contributed by atoms with Crippen LogP contribution in [0.2, 0.25) is 0 Å². The van der Waals surface area contributed by atoms with Crippen LogP contribution in [-0.2, 0) is 17.6 Å². The zero-order valence-corrected chi connectivity index (χ0v) is 15.3. The molecule has 1 aliphatic carbocycles. The zero-order chi connectivity index (χ0) is 18.5. The highest BCUT2D eigenvalue weighted by Gasteiger charge is 2.50. The van der Waals surface area contributed by atoms with Crippen LogP contribution >= 0.6 is 11.3 Å². The van der Waals surface area contributed by atoms with Crippen molar-refractivity contribution in [3.63, 3.8) is 0 Å². The van der Waals surface area contributed by atoms with Gasteiger partial charge in [0.1, 0.15) is 11.1 Å². The third-order valence-electron chi connectivity index (χ3n) is 5.82. The first kappa shape index (κ1) is 17.7. The summed E-state index contributed by atoms with van der Waals surface area (Å²) < 4.78 is 27.7. The Morgan fingerprint density at radius 3 is 2.85 bits per heavy atom. The number of hydrogen-bond donors (Lipinski definition) is 1. The van der Waals surface area contributed by atoms with Gasteiger partial charge in [0.25, 0.3) is 5.92 Å². The average Bonchev–Trinajstić information content (AvgIpc) is 3.28. The first-order chi connectivity index (χ1) is 12.4. The monoisotopic (exact) mass is 380 g/mol. The molecule has 0 aromatic carbocycles. The van der Waals surface area contributed by atoms with E-state index in [4.69, 9.17) is 5.73 Å². The molecule has 26 heavy (non-hydrogen) atoms. The maximum absolute atomic E-state index is 13.8. The molecule has 2 aliphatic heterocycles. The minimum Gasteiger partial charge on any atom is -0.368 e. The molecule has 0 radical (unpaired) electrons. The molecule has 2 N–H and O–H groups in total. The molecule has 0 bridgehead atoms. The first-order valence-electron chi connectivity index (χ1n) is 9.12. The Kier molecular flexibility index (Phi) is 4.40. The average molecular weight is 380 g/mol. The number of fused-ring (bicyclic) bond motifs is 1. The number of rotatable bonds is 3. The van der Waals surface area contributed by atoms with Gasteiger partial charge in [-0.1, -0.05) is 0 Å². The van der Waals surface area contributed by atoms with Crippen molar-refractivity contribution < 1.29 is 13.6 Å². The number of halogens is 2. The number of carbonyl (C=O) groups is 1. The number of nitrogens with two attached hydrogens (primary N) is 1. The number of aryl methyl sites for hydroxylation is 1. The topological polar surface area (TPSA) is 73.4 Å². The number of nitriles is 1. The molecule has 0 unspecified atom stereocenters. The molecule has 1 aromatic rings. The lowest BCUT2D eigenvalue weighted by atomic mass is 9.96. The molecule has 8 heteroatoms. The van der Waals surface area contributed by atoms with Crippen molar-refractivity contribution in [2.75, 3.05) is 24.5 Å². The highest BCUT2D eigenvalue weighted by Crippen LogP contribution is 2.42. The van der Waals surface area contributed by atoms with Gasteiger partial charge in [-0.25, -0.2) is 8.78 Å². The van der Waals surface area contributed by atoms with Gasteiger partial charge in [0.15, 0.2) is 0 Å². The second-order valence-corrected chi connectivity index (χ2v) is 8.63. The van der Waals surface area contributed by atoms with E-state index in [2.05, 4.69) is 11.0 Å². The number of amides is 1. The van der Waals surface area contributed by atoms with Crippen molar-refractivity contribution in [2.45, 2.75) is 56.5 Å². The molecule has 3 aliphatic rings. The fraction of sp³-hybridized carbons (Fsp3) is 0.667. The summed E-state index contributed by atoms with van der Waals surface area (Å²) in [6.07, 6.45) is 4.46. The lowest BCUT2D eigenvalue weighted by Crippen LogP contribution is -2.47. The Balaban J connectivity index is 1.55. The SMILES string of the molecule is N#Cc1c(N2CC[C@H](N3CC(F)(F)C[C@H]3C(N)=O)C2)sc2c1CCCC2. The fourth-order valence-corrected chi connectivity index (χ4v) is 5.95. The van der Waals surface area contributed by atoms with E-state index in [9.17, 15) is 18.8 Å². The molecule has 140 valence electrons. The van der Waals surface area contributed by atoms with E-state index in [1.807, 2.05) is 0 Å². The molecular weight excluding hydrogens is 358 g/mol. The molecule has 1 amide bonds. The van der Waals surface area contributed by atoms with Crippen LogP contribution in [0.4, 0.5) is 13.8 Å². The summed E-state index contributed by atoms with van der Waals surface area (Å²) in [5, 5.41) is 10.6. The predicted molar refractivity (Wildman–Crippen MR) is 95.5 cm³/mol. The van der Waals surface area contributed by atoms with E-state index in [1.54, 1.807) is 16.2 Å². The fourth-order valence-electron chi connectivity index (χ4n) is 4.58. The number of primary amides is 1. The normalized spacial score (nSPS) is 28.1. The summed E-state index contributed by atoms with van der Waals surface area (Å²) in [7, 11) is 0. The minimum absolute atomic E-state index is 0.133. The molecule has 0 saturated carbocycles. The van der Waals surface area contributed by atoms with Crippen LogP contribution in [0.25, 0.3) is 0 Å². The number of alkyl halides is 2. The third kappa shape index (κ3) is 2.97. The van der Waals surface area contributed by atoms with Crippen LogP contribution in [0, 0.1) is 11.3 Å². The summed E-state index contributed by atoms with van der Waals surface area (Å²) in [4.78, 5) is 16.7.